The Morgan fingerprint density at radius 2 is 2.04 bits per heavy atom. The maximum absolute atomic E-state index is 12.5. The Kier molecular flexibility index (Phi) is 5.93. The Morgan fingerprint density at radius 3 is 2.75 bits per heavy atom. The van der Waals surface area contributed by atoms with Gasteiger partial charge in [-0.1, -0.05) is 0 Å². The highest BCUT2D eigenvalue weighted by Gasteiger charge is 2.25. The number of rotatable bonds is 6. The molecule has 2 aromatic rings. The van der Waals surface area contributed by atoms with Crippen molar-refractivity contribution in [1.82, 2.24) is 0 Å². The number of aryl methyl sites for hydroxylation is 1. The van der Waals surface area contributed by atoms with Crippen LogP contribution in [0.3, 0.4) is 0 Å². The normalized spacial score (nSPS) is 13.9. The highest BCUT2D eigenvalue weighted by molar-refractivity contribution is 7.10. The summed E-state index contributed by atoms with van der Waals surface area (Å²) in [4.78, 5) is 36.5. The summed E-state index contributed by atoms with van der Waals surface area (Å²) in [5.74, 6) is -0.867. The van der Waals surface area contributed by atoms with Crippen LogP contribution in [0.1, 0.15) is 40.6 Å². The molecule has 1 atom stereocenters. The lowest BCUT2D eigenvalue weighted by atomic mass is 9.96. The van der Waals surface area contributed by atoms with Crippen molar-refractivity contribution in [3.63, 3.8) is 0 Å². The van der Waals surface area contributed by atoms with Crippen molar-refractivity contribution in [1.29, 1.82) is 0 Å². The zero-order chi connectivity index (χ0) is 20.3. The first-order valence-electron chi connectivity index (χ1n) is 8.84. The number of ether oxygens (including phenoxy) is 2. The van der Waals surface area contributed by atoms with E-state index >= 15 is 0 Å². The summed E-state index contributed by atoms with van der Waals surface area (Å²) in [7, 11) is 1.39. The second kappa shape index (κ2) is 8.39. The number of carbonyl (C=O) groups is 2. The summed E-state index contributed by atoms with van der Waals surface area (Å²) < 4.78 is 10.4. The number of amides is 1. The number of anilines is 1. The fraction of sp³-hybridized carbons (Fsp3) is 0.368. The Morgan fingerprint density at radius 1 is 1.29 bits per heavy atom. The summed E-state index contributed by atoms with van der Waals surface area (Å²) in [5.41, 5.74) is 1.49. The van der Waals surface area contributed by atoms with Crippen LogP contribution in [0.25, 0.3) is 0 Å². The van der Waals surface area contributed by atoms with Gasteiger partial charge in [-0.25, -0.2) is 4.79 Å². The van der Waals surface area contributed by atoms with E-state index in [4.69, 9.17) is 9.47 Å². The molecule has 28 heavy (non-hydrogen) atoms. The van der Waals surface area contributed by atoms with E-state index in [9.17, 15) is 19.7 Å². The van der Waals surface area contributed by atoms with Crippen molar-refractivity contribution in [3.8, 4) is 5.75 Å². The quantitative estimate of drug-likeness (QED) is 0.446. The summed E-state index contributed by atoms with van der Waals surface area (Å²) >= 11 is 1.55. The highest BCUT2D eigenvalue weighted by atomic mass is 32.1. The third-order valence-corrected chi connectivity index (χ3v) is 5.67. The van der Waals surface area contributed by atoms with Gasteiger partial charge in [0.05, 0.1) is 23.3 Å². The number of thiophene rings is 1. The third kappa shape index (κ3) is 4.14. The average Bonchev–Trinajstić information content (AvgIpc) is 3.12. The van der Waals surface area contributed by atoms with Crippen LogP contribution in [-0.2, 0) is 22.4 Å². The van der Waals surface area contributed by atoms with Gasteiger partial charge in [0.2, 0.25) is 0 Å². The van der Waals surface area contributed by atoms with Gasteiger partial charge in [-0.3, -0.25) is 14.9 Å². The van der Waals surface area contributed by atoms with Crippen molar-refractivity contribution in [2.75, 3.05) is 12.4 Å². The van der Waals surface area contributed by atoms with Crippen LogP contribution in [0.5, 0.6) is 5.75 Å². The van der Waals surface area contributed by atoms with Gasteiger partial charge in [0.15, 0.2) is 6.10 Å². The first kappa shape index (κ1) is 19.8. The smallest absolute Gasteiger partial charge is 0.340 e. The maximum atomic E-state index is 12.5. The van der Waals surface area contributed by atoms with E-state index in [0.29, 0.717) is 5.56 Å². The zero-order valence-corrected chi connectivity index (χ0v) is 16.3. The van der Waals surface area contributed by atoms with Gasteiger partial charge in [-0.05, 0) is 44.2 Å². The first-order valence-corrected chi connectivity index (χ1v) is 9.72. The maximum Gasteiger partial charge on any atom is 0.340 e. The number of nitrogens with one attached hydrogen (secondary N) is 1. The van der Waals surface area contributed by atoms with Crippen molar-refractivity contribution in [2.24, 2.45) is 0 Å². The number of non-ortho nitro benzene ring substituents is 1. The molecule has 0 bridgehead atoms. The number of nitro groups is 1. The van der Waals surface area contributed by atoms with Gasteiger partial charge in [0.1, 0.15) is 5.75 Å². The highest BCUT2D eigenvalue weighted by Crippen LogP contribution is 2.31. The minimum Gasteiger partial charge on any atom is -0.495 e. The van der Waals surface area contributed by atoms with Gasteiger partial charge < -0.3 is 14.8 Å². The molecule has 1 heterocycles. The zero-order valence-electron chi connectivity index (χ0n) is 15.5. The molecule has 0 fully saturated rings. The van der Waals surface area contributed by atoms with Crippen LogP contribution in [-0.4, -0.2) is 30.0 Å². The molecule has 0 spiro atoms. The molecule has 1 aromatic heterocycles. The van der Waals surface area contributed by atoms with Crippen LogP contribution in [0.4, 0.5) is 11.4 Å². The minimum absolute atomic E-state index is 0.137. The molecule has 0 aliphatic heterocycles. The molecule has 1 amide bonds. The average molecular weight is 404 g/mol. The van der Waals surface area contributed by atoms with Crippen molar-refractivity contribution < 1.29 is 24.0 Å². The number of nitro benzene ring substituents is 1. The number of nitrogens with zero attached hydrogens (tertiary/aromatic N) is 1. The van der Waals surface area contributed by atoms with Gasteiger partial charge >= 0.3 is 5.97 Å². The third-order valence-electron chi connectivity index (χ3n) is 4.59. The molecule has 0 unspecified atom stereocenters. The molecule has 0 saturated heterocycles. The van der Waals surface area contributed by atoms with E-state index in [0.717, 1.165) is 31.2 Å². The topological polar surface area (TPSA) is 108 Å². The fourth-order valence-corrected chi connectivity index (χ4v) is 4.20. The second-order valence-electron chi connectivity index (χ2n) is 6.44. The van der Waals surface area contributed by atoms with Crippen LogP contribution in [0, 0.1) is 10.1 Å². The fourth-order valence-electron chi connectivity index (χ4n) is 3.08. The van der Waals surface area contributed by atoms with Gasteiger partial charge in [-0.15, -0.1) is 11.3 Å². The standard InChI is InChI=1S/C19H20N2O6S/c1-11(27-19(23)14-10-28-17-6-4-3-5-13(14)17)18(22)20-15-9-12(21(24)25)7-8-16(15)26-2/h7-11H,3-6H2,1-2H3,(H,20,22)/t11-/m0/s1. The number of hydrogen-bond acceptors (Lipinski definition) is 7. The number of carbonyl (C=O) groups excluding carboxylic acids is 2. The Balaban J connectivity index is 1.70. The lowest BCUT2D eigenvalue weighted by molar-refractivity contribution is -0.384. The van der Waals surface area contributed by atoms with E-state index < -0.39 is 22.9 Å². The summed E-state index contributed by atoms with van der Waals surface area (Å²) in [6.07, 6.45) is 2.89. The largest absolute Gasteiger partial charge is 0.495 e. The molecule has 9 heteroatoms. The Labute approximate surface area is 165 Å². The summed E-state index contributed by atoms with van der Waals surface area (Å²) in [6, 6.07) is 3.86. The molecule has 3 rings (SSSR count). The molecule has 0 radical (unpaired) electrons. The van der Waals surface area contributed by atoms with E-state index in [1.807, 2.05) is 0 Å². The number of benzene rings is 1. The minimum atomic E-state index is -1.07. The number of esters is 1. The first-order chi connectivity index (χ1) is 13.4. The molecule has 1 aromatic carbocycles. The Hall–Kier alpha value is -2.94. The monoisotopic (exact) mass is 404 g/mol. The van der Waals surface area contributed by atoms with E-state index in [1.54, 1.807) is 16.7 Å². The van der Waals surface area contributed by atoms with Gasteiger partial charge in [0.25, 0.3) is 11.6 Å². The van der Waals surface area contributed by atoms with E-state index in [1.165, 1.54) is 37.1 Å². The molecular formula is C19H20N2O6S. The van der Waals surface area contributed by atoms with Crippen LogP contribution in [0.15, 0.2) is 23.6 Å². The van der Waals surface area contributed by atoms with Crippen molar-refractivity contribution in [3.05, 3.63) is 49.7 Å². The molecule has 1 N–H and O–H groups in total. The van der Waals surface area contributed by atoms with Crippen LogP contribution >= 0.6 is 11.3 Å². The summed E-state index contributed by atoms with van der Waals surface area (Å²) in [5, 5.41) is 15.3. The van der Waals surface area contributed by atoms with Crippen molar-refractivity contribution in [2.45, 2.75) is 38.7 Å². The number of fused-ring (bicyclic) bond motifs is 1. The number of hydrogen-bond donors (Lipinski definition) is 1. The van der Waals surface area contributed by atoms with E-state index in [2.05, 4.69) is 5.32 Å². The molecule has 8 nitrogen and oxygen atoms in total. The number of methoxy groups -OCH3 is 1. The lowest BCUT2D eigenvalue weighted by Crippen LogP contribution is -2.30. The van der Waals surface area contributed by atoms with Gasteiger partial charge in [0, 0.05) is 22.4 Å². The molecule has 148 valence electrons. The SMILES string of the molecule is COc1ccc([N+](=O)[O-])cc1NC(=O)[C@H](C)OC(=O)c1csc2c1CCCC2. The lowest BCUT2D eigenvalue weighted by Gasteiger charge is -2.16. The van der Waals surface area contributed by atoms with Crippen molar-refractivity contribution >= 4 is 34.6 Å². The van der Waals surface area contributed by atoms with Crippen LogP contribution in [0.2, 0.25) is 0 Å². The van der Waals surface area contributed by atoms with Gasteiger partial charge in [-0.2, -0.15) is 0 Å². The second-order valence-corrected chi connectivity index (χ2v) is 7.40. The van der Waals surface area contributed by atoms with E-state index in [-0.39, 0.29) is 17.1 Å². The molecule has 1 aliphatic carbocycles. The Bertz CT molecular complexity index is 923. The predicted molar refractivity (Wildman–Crippen MR) is 104 cm³/mol. The predicted octanol–water partition coefficient (Wildman–Crippen LogP) is 3.73. The molecular weight excluding hydrogens is 384 g/mol. The molecule has 0 saturated carbocycles. The molecule has 1 aliphatic rings. The summed E-state index contributed by atoms with van der Waals surface area (Å²) in [6.45, 7) is 1.45. The van der Waals surface area contributed by atoms with Crippen LogP contribution < -0.4 is 10.1 Å².